The lowest BCUT2D eigenvalue weighted by molar-refractivity contribution is -0.143. The van der Waals surface area contributed by atoms with Crippen LogP contribution < -0.4 is 9.80 Å². The van der Waals surface area contributed by atoms with Crippen molar-refractivity contribution in [2.75, 3.05) is 56.2 Å². The Morgan fingerprint density at radius 2 is 1.74 bits per heavy atom. The fourth-order valence-corrected chi connectivity index (χ4v) is 6.56. The van der Waals surface area contributed by atoms with E-state index in [0.717, 1.165) is 24.5 Å². The predicted octanol–water partition coefficient (Wildman–Crippen LogP) is 1.82. The van der Waals surface area contributed by atoms with Crippen LogP contribution in [0.1, 0.15) is 26.7 Å². The molecule has 5 rings (SSSR count). The summed E-state index contributed by atoms with van der Waals surface area (Å²) in [5.41, 5.74) is 0.613. The van der Waals surface area contributed by atoms with Gasteiger partial charge >= 0.3 is 0 Å². The Hall–Kier alpha value is -3.17. The van der Waals surface area contributed by atoms with Crippen molar-refractivity contribution in [3.63, 3.8) is 0 Å². The lowest BCUT2D eigenvalue weighted by atomic mass is 9.77. The van der Waals surface area contributed by atoms with Gasteiger partial charge in [-0.25, -0.2) is 0 Å². The van der Waals surface area contributed by atoms with Gasteiger partial charge in [-0.05, 0) is 51.0 Å². The number of likely N-dealkylation sites (tertiary alicyclic amines) is 1. The lowest BCUT2D eigenvalue weighted by Crippen LogP contribution is -2.55. The van der Waals surface area contributed by atoms with E-state index in [0.29, 0.717) is 32.5 Å². The first-order valence-corrected chi connectivity index (χ1v) is 13.7. The third-order valence-electron chi connectivity index (χ3n) is 8.46. The minimum atomic E-state index is -1.23. The van der Waals surface area contributed by atoms with Crippen LogP contribution in [-0.2, 0) is 19.1 Å². The number of amides is 3. The molecule has 204 valence electrons. The molecule has 1 N–H and O–H groups in total. The molecule has 2 saturated heterocycles. The van der Waals surface area contributed by atoms with Crippen LogP contribution in [-0.4, -0.2) is 96.8 Å². The van der Waals surface area contributed by atoms with Crippen LogP contribution >= 0.6 is 0 Å². The van der Waals surface area contributed by atoms with Gasteiger partial charge in [-0.1, -0.05) is 24.3 Å². The molecule has 5 atom stereocenters. The number of carbonyl (C=O) groups excluding carboxylic acids is 3. The number of carbonyl (C=O) groups is 3. The highest BCUT2D eigenvalue weighted by atomic mass is 16.5. The van der Waals surface area contributed by atoms with E-state index >= 15 is 0 Å². The largest absolute Gasteiger partial charge is 0.396 e. The molecule has 4 heterocycles. The molecule has 0 radical (unpaired) electrons. The van der Waals surface area contributed by atoms with E-state index in [1.165, 1.54) is 0 Å². The number of ether oxygens (including phenoxy) is 1. The second-order valence-corrected chi connectivity index (χ2v) is 10.5. The van der Waals surface area contributed by atoms with Gasteiger partial charge in [-0.15, -0.1) is 0 Å². The number of aliphatic hydroxyl groups is 1. The summed E-state index contributed by atoms with van der Waals surface area (Å²) in [6.07, 6.45) is 8.03. The highest BCUT2D eigenvalue weighted by Gasteiger charge is 2.71. The molecule has 0 bridgehead atoms. The number of hydrogen-bond acceptors (Lipinski definition) is 6. The highest BCUT2D eigenvalue weighted by Crippen LogP contribution is 2.53. The van der Waals surface area contributed by atoms with E-state index in [9.17, 15) is 19.5 Å². The number of nitrogens with zero attached hydrogens (tertiary/aromatic N) is 4. The molecule has 1 aromatic rings. The minimum absolute atomic E-state index is 0.00933. The number of aliphatic hydroxyl groups excluding tert-OH is 1. The van der Waals surface area contributed by atoms with Crippen LogP contribution in [0, 0.1) is 11.8 Å². The molecule has 2 fully saturated rings. The van der Waals surface area contributed by atoms with Crippen molar-refractivity contribution in [1.82, 2.24) is 9.80 Å². The van der Waals surface area contributed by atoms with Crippen LogP contribution in [0.5, 0.6) is 0 Å². The Morgan fingerprint density at radius 3 is 2.42 bits per heavy atom. The Morgan fingerprint density at radius 1 is 1.00 bits per heavy atom. The number of unbranched alkanes of at least 4 members (excludes halogenated alkanes) is 1. The molecule has 1 aromatic carbocycles. The van der Waals surface area contributed by atoms with Gasteiger partial charge in [-0.3, -0.25) is 14.4 Å². The van der Waals surface area contributed by atoms with Crippen LogP contribution in [0.4, 0.5) is 11.4 Å². The molecule has 0 aliphatic carbocycles. The maximum Gasteiger partial charge on any atom is 0.253 e. The van der Waals surface area contributed by atoms with Gasteiger partial charge in [0.05, 0.1) is 17.9 Å². The number of likely N-dealkylation sites (N-methyl/N-ethyl adjacent to an activating group) is 1. The fourth-order valence-electron chi connectivity index (χ4n) is 6.56. The van der Waals surface area contributed by atoms with Crippen LogP contribution in [0.25, 0.3) is 0 Å². The molecular weight excluding hydrogens is 484 g/mol. The number of benzene rings is 1. The molecule has 1 unspecified atom stereocenters. The van der Waals surface area contributed by atoms with E-state index in [1.54, 1.807) is 21.7 Å². The first-order chi connectivity index (χ1) is 18.4. The van der Waals surface area contributed by atoms with Crippen molar-refractivity contribution in [3.8, 4) is 0 Å². The normalized spacial score (nSPS) is 30.3. The van der Waals surface area contributed by atoms with Crippen LogP contribution in [0.3, 0.4) is 0 Å². The second kappa shape index (κ2) is 10.5. The lowest BCUT2D eigenvalue weighted by Gasteiger charge is -2.35. The van der Waals surface area contributed by atoms with Gasteiger partial charge in [0.1, 0.15) is 11.6 Å². The van der Waals surface area contributed by atoms with Gasteiger partial charge in [-0.2, -0.15) is 0 Å². The first-order valence-electron chi connectivity index (χ1n) is 13.7. The smallest absolute Gasteiger partial charge is 0.253 e. The van der Waals surface area contributed by atoms with Gasteiger partial charge in [0.2, 0.25) is 11.8 Å². The van der Waals surface area contributed by atoms with E-state index in [4.69, 9.17) is 4.74 Å². The molecule has 38 heavy (non-hydrogen) atoms. The monoisotopic (exact) mass is 522 g/mol. The molecule has 1 spiro atoms. The Kier molecular flexibility index (Phi) is 7.33. The molecule has 9 nitrogen and oxygen atoms in total. The molecule has 4 aliphatic rings. The van der Waals surface area contributed by atoms with E-state index < -0.39 is 29.6 Å². The Balaban J connectivity index is 1.53. The zero-order chi connectivity index (χ0) is 27.0. The third-order valence-corrected chi connectivity index (χ3v) is 8.46. The van der Waals surface area contributed by atoms with Crippen molar-refractivity contribution >= 4 is 29.1 Å². The number of fused-ring (bicyclic) bond motifs is 2. The summed E-state index contributed by atoms with van der Waals surface area (Å²) in [6.45, 7) is 7.12. The van der Waals surface area contributed by atoms with Crippen molar-refractivity contribution < 1.29 is 24.2 Å². The number of hydrogen-bond donors (Lipinski definition) is 1. The molecular formula is C29H38N4O5. The van der Waals surface area contributed by atoms with Crippen molar-refractivity contribution in [2.24, 2.45) is 11.8 Å². The summed E-state index contributed by atoms with van der Waals surface area (Å²) in [6, 6.07) is 7.04. The minimum Gasteiger partial charge on any atom is -0.396 e. The number of rotatable bonds is 8. The predicted molar refractivity (Wildman–Crippen MR) is 145 cm³/mol. The van der Waals surface area contributed by atoms with E-state index in [1.807, 2.05) is 48.6 Å². The summed E-state index contributed by atoms with van der Waals surface area (Å²) >= 11 is 0. The average molecular weight is 523 g/mol. The standard InChI is InChI=1S/C29H38N4O5/c1-4-31(5-2)20-11-13-21(14-12-20)32-18-9-15-29-24(23-22(38-29)10-8-16-30(3)26(23)35)27(36)33(17-6-7-19-34)25(29)28(32)37/h8-15,22-25,34H,4-7,16-19H2,1-3H3/t22-,23+,24+,25?,29+/m1/s1. The topological polar surface area (TPSA) is 93.6 Å². The maximum absolute atomic E-state index is 14.3. The third kappa shape index (κ3) is 4.12. The molecule has 4 aliphatic heterocycles. The van der Waals surface area contributed by atoms with Crippen molar-refractivity contribution in [3.05, 3.63) is 48.6 Å². The van der Waals surface area contributed by atoms with Crippen molar-refractivity contribution in [1.29, 1.82) is 0 Å². The SMILES string of the molecule is CCN(CC)c1ccc(N2CC=C[C@]34O[C@@H]5C=CCN(C)C(=O)[C@@H]5[C@H]3C(=O)N(CCCCO)C4C2=O)cc1. The summed E-state index contributed by atoms with van der Waals surface area (Å²) < 4.78 is 6.61. The van der Waals surface area contributed by atoms with Crippen molar-refractivity contribution in [2.45, 2.75) is 44.4 Å². The molecule has 0 aromatic heterocycles. The summed E-state index contributed by atoms with van der Waals surface area (Å²) in [5, 5.41) is 9.36. The van der Waals surface area contributed by atoms with Gasteiger partial charge < -0.3 is 29.4 Å². The van der Waals surface area contributed by atoms with Crippen LogP contribution in [0.15, 0.2) is 48.6 Å². The second-order valence-electron chi connectivity index (χ2n) is 10.5. The fraction of sp³-hybridized carbons (Fsp3) is 0.552. The quantitative estimate of drug-likeness (QED) is 0.414. The Bertz CT molecular complexity index is 1130. The summed E-state index contributed by atoms with van der Waals surface area (Å²) in [4.78, 5) is 49.0. The average Bonchev–Trinajstić information content (AvgIpc) is 3.24. The first kappa shape index (κ1) is 26.4. The number of anilines is 2. The van der Waals surface area contributed by atoms with E-state index in [2.05, 4.69) is 18.7 Å². The van der Waals surface area contributed by atoms with E-state index in [-0.39, 0.29) is 24.3 Å². The molecule has 3 amide bonds. The zero-order valence-corrected chi connectivity index (χ0v) is 22.5. The summed E-state index contributed by atoms with van der Waals surface area (Å²) in [5.74, 6) is -2.05. The van der Waals surface area contributed by atoms with Gasteiger partial charge in [0.25, 0.3) is 5.91 Å². The molecule has 9 heteroatoms. The maximum atomic E-state index is 14.3. The zero-order valence-electron chi connectivity index (χ0n) is 22.5. The van der Waals surface area contributed by atoms with Gasteiger partial charge in [0.15, 0.2) is 0 Å². The summed E-state index contributed by atoms with van der Waals surface area (Å²) in [7, 11) is 1.73. The highest BCUT2D eigenvalue weighted by molar-refractivity contribution is 6.05. The Labute approximate surface area is 224 Å². The van der Waals surface area contributed by atoms with Crippen LogP contribution in [0.2, 0.25) is 0 Å². The molecule has 0 saturated carbocycles. The van der Waals surface area contributed by atoms with Gasteiger partial charge in [0, 0.05) is 57.8 Å².